The molecule has 2 rings (SSSR count). The van der Waals surface area contributed by atoms with E-state index in [-0.39, 0.29) is 17.6 Å². The summed E-state index contributed by atoms with van der Waals surface area (Å²) in [7, 11) is 1.91. The molecule has 0 aliphatic heterocycles. The Balaban J connectivity index is 2.03. The van der Waals surface area contributed by atoms with Crippen LogP contribution < -0.4 is 0 Å². The van der Waals surface area contributed by atoms with Crippen molar-refractivity contribution in [2.24, 2.45) is 0 Å². The van der Waals surface area contributed by atoms with E-state index in [9.17, 15) is 9.90 Å². The van der Waals surface area contributed by atoms with Gasteiger partial charge in [0.05, 0.1) is 6.54 Å². The van der Waals surface area contributed by atoms with Gasteiger partial charge in [0.1, 0.15) is 5.75 Å². The van der Waals surface area contributed by atoms with Gasteiger partial charge >= 0.3 is 0 Å². The summed E-state index contributed by atoms with van der Waals surface area (Å²) in [5.41, 5.74) is 1.71. The number of nitrogens with zero attached hydrogens (tertiary/aromatic N) is 1. The van der Waals surface area contributed by atoms with Gasteiger partial charge in [0.15, 0.2) is 5.78 Å². The highest BCUT2D eigenvalue weighted by Gasteiger charge is 2.16. The van der Waals surface area contributed by atoms with Gasteiger partial charge in [-0.15, -0.1) is 0 Å². The summed E-state index contributed by atoms with van der Waals surface area (Å²) in [6.07, 6.45) is 0. The smallest absolute Gasteiger partial charge is 0.176 e. The first-order valence-corrected chi connectivity index (χ1v) is 7.13. The highest BCUT2D eigenvalue weighted by molar-refractivity contribution is 6.30. The Morgan fingerprint density at radius 1 is 1.14 bits per heavy atom. The van der Waals surface area contributed by atoms with Crippen LogP contribution in [-0.4, -0.2) is 29.4 Å². The summed E-state index contributed by atoms with van der Waals surface area (Å²) in [6, 6.07) is 14.1. The van der Waals surface area contributed by atoms with Crippen LogP contribution in [0.2, 0.25) is 5.02 Å². The number of carbonyl (C=O) groups is 1. The lowest BCUT2D eigenvalue weighted by Crippen LogP contribution is -2.28. The predicted molar refractivity (Wildman–Crippen MR) is 84.9 cm³/mol. The van der Waals surface area contributed by atoms with E-state index >= 15 is 0 Å². The quantitative estimate of drug-likeness (QED) is 0.851. The molecule has 0 fully saturated rings. The highest BCUT2D eigenvalue weighted by Crippen LogP contribution is 2.21. The van der Waals surface area contributed by atoms with Crippen molar-refractivity contribution in [2.45, 2.75) is 13.0 Å². The average molecular weight is 304 g/mol. The number of phenols is 1. The number of likely N-dealkylation sites (N-methyl/N-ethyl adjacent to an activating group) is 1. The number of halogens is 1. The number of aromatic hydroxyl groups is 1. The van der Waals surface area contributed by atoms with Crippen molar-refractivity contribution < 1.29 is 9.90 Å². The zero-order chi connectivity index (χ0) is 15.4. The van der Waals surface area contributed by atoms with Gasteiger partial charge in [-0.2, -0.15) is 0 Å². The third-order valence-electron chi connectivity index (χ3n) is 3.60. The summed E-state index contributed by atoms with van der Waals surface area (Å²) >= 11 is 5.88. The first-order valence-electron chi connectivity index (χ1n) is 6.75. The number of Topliss-reactive ketones (excluding diaryl/α,β-unsaturated/α-hetero) is 1. The lowest BCUT2D eigenvalue weighted by Gasteiger charge is -2.24. The van der Waals surface area contributed by atoms with Crippen LogP contribution in [0.25, 0.3) is 0 Å². The lowest BCUT2D eigenvalue weighted by molar-refractivity contribution is 0.0925. The molecular formula is C17H18ClNO2. The second kappa shape index (κ2) is 6.74. The van der Waals surface area contributed by atoms with Crippen molar-refractivity contribution >= 4 is 17.4 Å². The molecule has 0 radical (unpaired) electrons. The van der Waals surface area contributed by atoms with Crippen molar-refractivity contribution in [3.63, 3.8) is 0 Å². The predicted octanol–water partition coefficient (Wildman–Crippen LogP) is 3.92. The van der Waals surface area contributed by atoms with Gasteiger partial charge in [-0.05, 0) is 55.9 Å². The maximum Gasteiger partial charge on any atom is 0.176 e. The fourth-order valence-corrected chi connectivity index (χ4v) is 2.22. The first kappa shape index (κ1) is 15.5. The van der Waals surface area contributed by atoms with Gasteiger partial charge in [-0.1, -0.05) is 23.7 Å². The minimum absolute atomic E-state index is 0.0262. The van der Waals surface area contributed by atoms with Gasteiger partial charge in [0.2, 0.25) is 0 Å². The van der Waals surface area contributed by atoms with Crippen LogP contribution >= 0.6 is 11.6 Å². The SMILES string of the molecule is CC(c1ccc(Cl)cc1)N(C)CC(=O)c1ccc(O)cc1. The van der Waals surface area contributed by atoms with Gasteiger partial charge in [-0.3, -0.25) is 9.69 Å². The molecule has 0 aromatic heterocycles. The first-order chi connectivity index (χ1) is 9.97. The molecule has 21 heavy (non-hydrogen) atoms. The van der Waals surface area contributed by atoms with Crippen molar-refractivity contribution in [3.05, 3.63) is 64.7 Å². The van der Waals surface area contributed by atoms with Crippen LogP contribution in [0.3, 0.4) is 0 Å². The summed E-state index contributed by atoms with van der Waals surface area (Å²) in [6.45, 7) is 2.36. The fourth-order valence-electron chi connectivity index (χ4n) is 2.10. The van der Waals surface area contributed by atoms with Crippen molar-refractivity contribution in [3.8, 4) is 5.75 Å². The largest absolute Gasteiger partial charge is 0.508 e. The van der Waals surface area contributed by atoms with Crippen LogP contribution in [0.5, 0.6) is 5.75 Å². The molecule has 0 spiro atoms. The Morgan fingerprint density at radius 2 is 1.71 bits per heavy atom. The topological polar surface area (TPSA) is 40.5 Å². The molecular weight excluding hydrogens is 286 g/mol. The molecule has 1 atom stereocenters. The van der Waals surface area contributed by atoms with Gasteiger partial charge in [0, 0.05) is 16.6 Å². The number of hydrogen-bond donors (Lipinski definition) is 1. The number of ketones is 1. The monoisotopic (exact) mass is 303 g/mol. The Bertz CT molecular complexity index is 608. The van der Waals surface area contributed by atoms with Crippen molar-refractivity contribution in [2.75, 3.05) is 13.6 Å². The van der Waals surface area contributed by atoms with Crippen LogP contribution in [-0.2, 0) is 0 Å². The molecule has 2 aromatic rings. The molecule has 2 aromatic carbocycles. The van der Waals surface area contributed by atoms with Gasteiger partial charge in [-0.25, -0.2) is 0 Å². The van der Waals surface area contributed by atoms with E-state index < -0.39 is 0 Å². The van der Waals surface area contributed by atoms with E-state index in [1.54, 1.807) is 12.1 Å². The van der Waals surface area contributed by atoms with E-state index in [0.29, 0.717) is 17.1 Å². The van der Waals surface area contributed by atoms with Crippen LogP contribution in [0.15, 0.2) is 48.5 Å². The number of carbonyl (C=O) groups excluding carboxylic acids is 1. The molecule has 0 saturated carbocycles. The maximum atomic E-state index is 12.2. The minimum Gasteiger partial charge on any atom is -0.508 e. The molecule has 0 bridgehead atoms. The molecule has 0 aliphatic carbocycles. The van der Waals surface area contributed by atoms with Crippen molar-refractivity contribution in [1.29, 1.82) is 0 Å². The van der Waals surface area contributed by atoms with Crippen LogP contribution in [0, 0.1) is 0 Å². The summed E-state index contributed by atoms with van der Waals surface area (Å²) in [5, 5.41) is 9.95. The zero-order valence-electron chi connectivity index (χ0n) is 12.1. The normalized spacial score (nSPS) is 12.4. The summed E-state index contributed by atoms with van der Waals surface area (Å²) in [4.78, 5) is 14.2. The van der Waals surface area contributed by atoms with E-state index in [1.165, 1.54) is 12.1 Å². The summed E-state index contributed by atoms with van der Waals surface area (Å²) < 4.78 is 0. The van der Waals surface area contributed by atoms with E-state index in [1.807, 2.05) is 43.1 Å². The molecule has 1 unspecified atom stereocenters. The Hall–Kier alpha value is -1.84. The third kappa shape index (κ3) is 4.06. The number of phenolic OH excluding ortho intramolecular Hbond substituents is 1. The Morgan fingerprint density at radius 3 is 2.29 bits per heavy atom. The second-order valence-corrected chi connectivity index (χ2v) is 5.55. The second-order valence-electron chi connectivity index (χ2n) is 5.11. The molecule has 0 heterocycles. The van der Waals surface area contributed by atoms with E-state index in [4.69, 9.17) is 11.6 Å². The van der Waals surface area contributed by atoms with E-state index in [2.05, 4.69) is 0 Å². The zero-order valence-corrected chi connectivity index (χ0v) is 12.8. The maximum absolute atomic E-state index is 12.2. The third-order valence-corrected chi connectivity index (χ3v) is 3.85. The molecule has 0 saturated heterocycles. The fraction of sp³-hybridized carbons (Fsp3) is 0.235. The van der Waals surface area contributed by atoms with Gasteiger partial charge < -0.3 is 5.11 Å². The molecule has 4 heteroatoms. The molecule has 0 aliphatic rings. The molecule has 1 N–H and O–H groups in total. The molecule has 3 nitrogen and oxygen atoms in total. The average Bonchev–Trinajstić information content (AvgIpc) is 2.47. The van der Waals surface area contributed by atoms with E-state index in [0.717, 1.165) is 5.56 Å². The lowest BCUT2D eigenvalue weighted by atomic mass is 10.1. The Kier molecular flexibility index (Phi) is 4.99. The van der Waals surface area contributed by atoms with Crippen LogP contribution in [0.1, 0.15) is 28.9 Å². The summed E-state index contributed by atoms with van der Waals surface area (Å²) in [5.74, 6) is 0.188. The number of benzene rings is 2. The number of hydrogen-bond acceptors (Lipinski definition) is 3. The van der Waals surface area contributed by atoms with Crippen molar-refractivity contribution in [1.82, 2.24) is 4.90 Å². The minimum atomic E-state index is 0.0262. The van der Waals surface area contributed by atoms with Crippen LogP contribution in [0.4, 0.5) is 0 Å². The Labute approximate surface area is 129 Å². The molecule has 0 amide bonds. The number of rotatable bonds is 5. The van der Waals surface area contributed by atoms with Gasteiger partial charge in [0.25, 0.3) is 0 Å². The molecule has 110 valence electrons. The highest BCUT2D eigenvalue weighted by atomic mass is 35.5. The standard InChI is InChI=1S/C17H18ClNO2/c1-12(13-3-7-15(18)8-4-13)19(2)11-17(21)14-5-9-16(20)10-6-14/h3-10,12,20H,11H2,1-2H3.